The van der Waals surface area contributed by atoms with Gasteiger partial charge in [-0.1, -0.05) is 25.1 Å². The molecule has 5 atom stereocenters. The average Bonchev–Trinajstić information content (AvgIpc) is 3.40. The summed E-state index contributed by atoms with van der Waals surface area (Å²) in [5, 5.41) is 44.8. The molecule has 2 aromatic carbocycles. The molecule has 4 rings (SSSR count). The van der Waals surface area contributed by atoms with Gasteiger partial charge in [0.15, 0.2) is 6.29 Å². The number of rotatable bonds is 8. The number of carbonyl (C=O) groups excluding carboxylic acids is 1. The second-order valence-corrected chi connectivity index (χ2v) is 9.24. The van der Waals surface area contributed by atoms with Crippen molar-refractivity contribution >= 4 is 28.4 Å². The largest absolute Gasteiger partial charge is 0.457 e. The van der Waals surface area contributed by atoms with Crippen LogP contribution in [0.25, 0.3) is 28.2 Å². The Morgan fingerprint density at radius 1 is 1.03 bits per heavy atom. The predicted octanol–water partition coefficient (Wildman–Crippen LogP) is 3.19. The first-order valence-corrected chi connectivity index (χ1v) is 12.8. The molecule has 200 valence electrons. The number of anilines is 1. The highest BCUT2D eigenvalue weighted by atomic mass is 16.6. The number of carbonyl (C=O) groups is 1. The third-order valence-electron chi connectivity index (χ3n) is 6.94. The van der Waals surface area contributed by atoms with E-state index in [0.717, 1.165) is 29.4 Å². The van der Waals surface area contributed by atoms with Crippen molar-refractivity contribution in [2.45, 2.75) is 57.8 Å². The fraction of sp³-hybridized carbons (Fsp3) is 0.379. The third kappa shape index (κ3) is 5.59. The van der Waals surface area contributed by atoms with E-state index in [1.165, 1.54) is 11.8 Å². The van der Waals surface area contributed by atoms with E-state index in [4.69, 9.17) is 9.15 Å². The Morgan fingerprint density at radius 3 is 2.42 bits per heavy atom. The Kier molecular flexibility index (Phi) is 8.49. The number of ether oxygens (including phenoxy) is 1. The van der Waals surface area contributed by atoms with Crippen molar-refractivity contribution in [2.24, 2.45) is 0 Å². The van der Waals surface area contributed by atoms with E-state index in [9.17, 15) is 25.4 Å². The van der Waals surface area contributed by atoms with Crippen LogP contribution >= 0.6 is 0 Å². The number of fused-ring (bicyclic) bond motifs is 1. The Bertz CT molecular complexity index is 1360. The highest BCUT2D eigenvalue weighted by molar-refractivity contribution is 6.01. The monoisotopic (exact) mass is 519 g/mol. The van der Waals surface area contributed by atoms with E-state index in [-0.39, 0.29) is 11.3 Å². The number of nitrogens with zero attached hydrogens (tertiary/aromatic N) is 2. The van der Waals surface area contributed by atoms with Gasteiger partial charge in [0.1, 0.15) is 41.4 Å². The number of aliphatic hydroxyl groups excluding tert-OH is 3. The predicted molar refractivity (Wildman–Crippen MR) is 144 cm³/mol. The van der Waals surface area contributed by atoms with Crippen LogP contribution < -0.4 is 10.2 Å². The van der Waals surface area contributed by atoms with E-state index >= 15 is 0 Å². The maximum absolute atomic E-state index is 12.7. The maximum Gasteiger partial charge on any atom is 0.262 e. The van der Waals surface area contributed by atoms with Gasteiger partial charge in [-0.05, 0) is 61.4 Å². The van der Waals surface area contributed by atoms with Gasteiger partial charge in [0.05, 0.1) is 6.10 Å². The molecule has 4 N–H and O–H groups in total. The van der Waals surface area contributed by atoms with Crippen LogP contribution in [-0.4, -0.2) is 65.0 Å². The molecule has 1 saturated heterocycles. The molecule has 0 aliphatic carbocycles. The molecule has 1 aromatic heterocycles. The Hall–Kier alpha value is -3.68. The van der Waals surface area contributed by atoms with Crippen LogP contribution in [-0.2, 0) is 9.53 Å². The fourth-order valence-corrected chi connectivity index (χ4v) is 4.72. The fourth-order valence-electron chi connectivity index (χ4n) is 4.72. The zero-order chi connectivity index (χ0) is 27.4. The van der Waals surface area contributed by atoms with E-state index < -0.39 is 36.6 Å². The Balaban J connectivity index is 1.51. The minimum Gasteiger partial charge on any atom is -0.457 e. The van der Waals surface area contributed by atoms with Gasteiger partial charge in [-0.3, -0.25) is 4.79 Å². The van der Waals surface area contributed by atoms with Crippen molar-refractivity contribution < 1.29 is 29.3 Å². The van der Waals surface area contributed by atoms with Gasteiger partial charge in [-0.15, -0.1) is 0 Å². The summed E-state index contributed by atoms with van der Waals surface area (Å²) < 4.78 is 11.2. The summed E-state index contributed by atoms with van der Waals surface area (Å²) >= 11 is 0. The van der Waals surface area contributed by atoms with Crippen LogP contribution in [0.5, 0.6) is 0 Å². The minimum atomic E-state index is -1.53. The SMILES string of the molecule is CC[C@H]1OC(O)[C@H](NC(=O)/C(C#N)=C/c2ccc(-c3ccc4cc(N(CC)CC)ccc4c3)o2)[C@@H](O)[C@@H]1O. The van der Waals surface area contributed by atoms with Gasteiger partial charge in [-0.2, -0.15) is 5.26 Å². The smallest absolute Gasteiger partial charge is 0.262 e. The Morgan fingerprint density at radius 2 is 1.74 bits per heavy atom. The van der Waals surface area contributed by atoms with Gasteiger partial charge in [0.2, 0.25) is 0 Å². The van der Waals surface area contributed by atoms with E-state index in [1.54, 1.807) is 19.1 Å². The van der Waals surface area contributed by atoms with Gasteiger partial charge in [0.25, 0.3) is 5.91 Å². The molecule has 9 nitrogen and oxygen atoms in total. The molecule has 1 amide bonds. The molecule has 9 heteroatoms. The highest BCUT2D eigenvalue weighted by Gasteiger charge is 2.44. The molecule has 1 unspecified atom stereocenters. The quantitative estimate of drug-likeness (QED) is 0.263. The second kappa shape index (κ2) is 11.8. The third-order valence-corrected chi connectivity index (χ3v) is 6.94. The van der Waals surface area contributed by atoms with Crippen molar-refractivity contribution in [1.82, 2.24) is 5.32 Å². The molecule has 0 saturated carbocycles. The zero-order valence-corrected chi connectivity index (χ0v) is 21.7. The number of nitriles is 1. The normalized spacial score (nSPS) is 23.7. The molecule has 1 aliphatic rings. The van der Waals surface area contributed by atoms with Gasteiger partial charge in [0, 0.05) is 30.4 Å². The van der Waals surface area contributed by atoms with Crippen molar-refractivity contribution in [1.29, 1.82) is 5.26 Å². The summed E-state index contributed by atoms with van der Waals surface area (Å²) in [6, 6.07) is 16.3. The van der Waals surface area contributed by atoms with Crippen LogP contribution in [0.15, 0.2) is 58.5 Å². The second-order valence-electron chi connectivity index (χ2n) is 9.24. The van der Waals surface area contributed by atoms with Crippen molar-refractivity contribution in [2.75, 3.05) is 18.0 Å². The van der Waals surface area contributed by atoms with Crippen LogP contribution in [0.1, 0.15) is 33.0 Å². The molecule has 0 bridgehead atoms. The van der Waals surface area contributed by atoms with Crippen LogP contribution in [0, 0.1) is 11.3 Å². The average molecular weight is 520 g/mol. The van der Waals surface area contributed by atoms with E-state index in [0.29, 0.717) is 12.2 Å². The standard InChI is InChI=1S/C29H33N3O6/c1-4-23-26(33)27(34)25(29(36)38-23)31-28(35)20(16-30)15-22-11-12-24(37-22)19-8-7-18-14-21(32(5-2)6-3)10-9-17(18)13-19/h7-15,23,25-27,29,33-34,36H,4-6H2,1-3H3,(H,31,35)/b20-15+/t23-,25-,26-,27-,29?/m1/s1. The van der Waals surface area contributed by atoms with Gasteiger partial charge >= 0.3 is 0 Å². The van der Waals surface area contributed by atoms with Gasteiger partial charge < -0.3 is 34.7 Å². The minimum absolute atomic E-state index is 0.288. The number of benzene rings is 2. The lowest BCUT2D eigenvalue weighted by Gasteiger charge is -2.40. The summed E-state index contributed by atoms with van der Waals surface area (Å²) in [5.41, 5.74) is 1.73. The van der Waals surface area contributed by atoms with Crippen LogP contribution in [0.2, 0.25) is 0 Å². The molecule has 38 heavy (non-hydrogen) atoms. The number of amides is 1. The van der Waals surface area contributed by atoms with Crippen molar-refractivity contribution in [3.63, 3.8) is 0 Å². The number of furan rings is 1. The first-order valence-electron chi connectivity index (χ1n) is 12.8. The Labute approximate surface area is 221 Å². The zero-order valence-electron chi connectivity index (χ0n) is 21.7. The molecule has 0 radical (unpaired) electrons. The molecule has 1 aliphatic heterocycles. The lowest BCUT2D eigenvalue weighted by atomic mass is 9.95. The summed E-state index contributed by atoms with van der Waals surface area (Å²) in [5.74, 6) is 0.0219. The van der Waals surface area contributed by atoms with E-state index in [1.807, 2.05) is 24.3 Å². The van der Waals surface area contributed by atoms with Gasteiger partial charge in [-0.25, -0.2) is 0 Å². The summed E-state index contributed by atoms with van der Waals surface area (Å²) in [6.07, 6.45) is -3.40. The maximum atomic E-state index is 12.7. The summed E-state index contributed by atoms with van der Waals surface area (Å²) in [6.45, 7) is 7.86. The molecule has 3 aromatic rings. The first-order chi connectivity index (χ1) is 18.3. The number of hydrogen-bond donors (Lipinski definition) is 4. The summed E-state index contributed by atoms with van der Waals surface area (Å²) in [4.78, 5) is 15.0. The summed E-state index contributed by atoms with van der Waals surface area (Å²) in [7, 11) is 0. The van der Waals surface area contributed by atoms with Crippen LogP contribution in [0.4, 0.5) is 5.69 Å². The van der Waals surface area contributed by atoms with Crippen molar-refractivity contribution in [3.05, 3.63) is 59.9 Å². The highest BCUT2D eigenvalue weighted by Crippen LogP contribution is 2.29. The lowest BCUT2D eigenvalue weighted by molar-refractivity contribution is -0.247. The van der Waals surface area contributed by atoms with Crippen molar-refractivity contribution in [3.8, 4) is 17.4 Å². The molecular formula is C29H33N3O6. The molecular weight excluding hydrogens is 486 g/mol. The lowest BCUT2D eigenvalue weighted by Crippen LogP contribution is -2.63. The first kappa shape index (κ1) is 27.4. The molecule has 2 heterocycles. The number of nitrogens with one attached hydrogen (secondary N) is 1. The molecule has 0 spiro atoms. The van der Waals surface area contributed by atoms with E-state index in [2.05, 4.69) is 42.3 Å². The number of hydrogen-bond acceptors (Lipinski definition) is 8. The number of aliphatic hydroxyl groups is 3. The molecule has 1 fully saturated rings. The topological polar surface area (TPSA) is 139 Å². The van der Waals surface area contributed by atoms with Crippen LogP contribution in [0.3, 0.4) is 0 Å².